The van der Waals surface area contributed by atoms with Crippen LogP contribution >= 0.6 is 0 Å². The van der Waals surface area contributed by atoms with Gasteiger partial charge in [-0.15, -0.1) is 0 Å². The van der Waals surface area contributed by atoms with Crippen LogP contribution in [-0.4, -0.2) is 26.3 Å². The molecule has 1 aliphatic heterocycles. The van der Waals surface area contributed by atoms with Crippen LogP contribution < -0.4 is 4.74 Å². The van der Waals surface area contributed by atoms with Crippen molar-refractivity contribution in [2.75, 3.05) is 14.2 Å². The number of ether oxygens (including phenoxy) is 3. The Balaban J connectivity index is 2.32. The molecular formula is C15H14N2O4. The molecule has 1 saturated heterocycles. The maximum Gasteiger partial charge on any atom is 0.336 e. The molecule has 1 aromatic carbocycles. The number of nitriles is 2. The van der Waals surface area contributed by atoms with E-state index < -0.39 is 30.0 Å². The lowest BCUT2D eigenvalue weighted by atomic mass is 9.86. The molecule has 1 fully saturated rings. The van der Waals surface area contributed by atoms with Crippen molar-refractivity contribution in [3.05, 3.63) is 29.8 Å². The minimum absolute atomic E-state index is 0.641. The molecule has 0 N–H and O–H groups in total. The van der Waals surface area contributed by atoms with E-state index in [9.17, 15) is 15.3 Å². The molecule has 1 heterocycles. The summed E-state index contributed by atoms with van der Waals surface area (Å²) in [5.41, 5.74) is 0.717. The van der Waals surface area contributed by atoms with E-state index in [0.717, 1.165) is 0 Å². The minimum Gasteiger partial charge on any atom is -0.497 e. The largest absolute Gasteiger partial charge is 0.497 e. The summed E-state index contributed by atoms with van der Waals surface area (Å²) in [6, 6.07) is 11.0. The average molecular weight is 286 g/mol. The number of carbonyl (C=O) groups is 1. The van der Waals surface area contributed by atoms with Crippen LogP contribution in [0.1, 0.15) is 11.7 Å². The Kier molecular flexibility index (Phi) is 4.42. The summed E-state index contributed by atoms with van der Waals surface area (Å²) in [5, 5.41) is 18.5. The topological polar surface area (TPSA) is 92.3 Å². The first-order valence-electron chi connectivity index (χ1n) is 6.32. The van der Waals surface area contributed by atoms with Crippen LogP contribution in [0.2, 0.25) is 0 Å². The van der Waals surface area contributed by atoms with E-state index in [1.54, 1.807) is 31.4 Å². The predicted octanol–water partition coefficient (Wildman–Crippen LogP) is 1.59. The molecule has 4 atom stereocenters. The minimum atomic E-state index is -1.04. The number of nitrogens with zero attached hydrogens (tertiary/aromatic N) is 2. The van der Waals surface area contributed by atoms with Gasteiger partial charge in [0.1, 0.15) is 17.8 Å². The number of methoxy groups -OCH3 is 2. The highest BCUT2D eigenvalue weighted by Crippen LogP contribution is 2.42. The zero-order valence-electron chi connectivity index (χ0n) is 11.6. The van der Waals surface area contributed by atoms with Crippen molar-refractivity contribution in [3.8, 4) is 17.9 Å². The molecule has 0 saturated carbocycles. The SMILES string of the molecule is COC(=O)C1OC(c2ccc(OC)cc2)C(C#N)C1C#N. The van der Waals surface area contributed by atoms with Crippen LogP contribution in [-0.2, 0) is 14.3 Å². The van der Waals surface area contributed by atoms with Crippen molar-refractivity contribution in [2.24, 2.45) is 11.8 Å². The molecule has 6 heteroatoms. The lowest BCUT2D eigenvalue weighted by Gasteiger charge is -2.14. The summed E-state index contributed by atoms with van der Waals surface area (Å²) in [5.74, 6) is -1.55. The predicted molar refractivity (Wildman–Crippen MR) is 70.8 cm³/mol. The summed E-state index contributed by atoms with van der Waals surface area (Å²) in [6.45, 7) is 0. The molecule has 4 unspecified atom stereocenters. The van der Waals surface area contributed by atoms with E-state index in [2.05, 4.69) is 10.8 Å². The number of rotatable bonds is 3. The van der Waals surface area contributed by atoms with Gasteiger partial charge in [0, 0.05) is 0 Å². The highest BCUT2D eigenvalue weighted by atomic mass is 16.6. The first-order valence-corrected chi connectivity index (χ1v) is 6.32. The van der Waals surface area contributed by atoms with Gasteiger partial charge in [0.15, 0.2) is 6.10 Å². The van der Waals surface area contributed by atoms with Crippen LogP contribution in [0.3, 0.4) is 0 Å². The van der Waals surface area contributed by atoms with Crippen LogP contribution in [0, 0.1) is 34.5 Å². The van der Waals surface area contributed by atoms with Gasteiger partial charge in [0.2, 0.25) is 0 Å². The first kappa shape index (κ1) is 14.8. The van der Waals surface area contributed by atoms with Gasteiger partial charge >= 0.3 is 5.97 Å². The first-order chi connectivity index (χ1) is 10.2. The Hall–Kier alpha value is -2.57. The molecule has 0 aliphatic carbocycles. The molecule has 1 aliphatic rings. The van der Waals surface area contributed by atoms with E-state index in [0.29, 0.717) is 11.3 Å². The highest BCUT2D eigenvalue weighted by molar-refractivity contribution is 5.76. The number of carbonyl (C=O) groups excluding carboxylic acids is 1. The van der Waals surface area contributed by atoms with Gasteiger partial charge in [-0.1, -0.05) is 12.1 Å². The fraction of sp³-hybridized carbons (Fsp3) is 0.400. The van der Waals surface area contributed by atoms with Crippen molar-refractivity contribution in [3.63, 3.8) is 0 Å². The van der Waals surface area contributed by atoms with Gasteiger partial charge in [0.25, 0.3) is 0 Å². The van der Waals surface area contributed by atoms with Crippen LogP contribution in [0.25, 0.3) is 0 Å². The fourth-order valence-electron chi connectivity index (χ4n) is 2.40. The summed E-state index contributed by atoms with van der Waals surface area (Å²) in [6.07, 6.45) is -1.69. The number of hydrogen-bond donors (Lipinski definition) is 0. The fourth-order valence-corrected chi connectivity index (χ4v) is 2.40. The molecule has 108 valence electrons. The van der Waals surface area contributed by atoms with Gasteiger partial charge in [0.05, 0.1) is 32.3 Å². The Labute approximate surface area is 122 Å². The summed E-state index contributed by atoms with van der Waals surface area (Å²) in [7, 11) is 2.78. The summed E-state index contributed by atoms with van der Waals surface area (Å²) in [4.78, 5) is 11.7. The van der Waals surface area contributed by atoms with Crippen molar-refractivity contribution >= 4 is 5.97 Å². The van der Waals surface area contributed by atoms with Crippen molar-refractivity contribution in [1.29, 1.82) is 10.5 Å². The number of hydrogen-bond acceptors (Lipinski definition) is 6. The monoisotopic (exact) mass is 286 g/mol. The smallest absolute Gasteiger partial charge is 0.336 e. The maximum absolute atomic E-state index is 11.7. The third-order valence-corrected chi connectivity index (χ3v) is 3.51. The third-order valence-electron chi connectivity index (χ3n) is 3.51. The van der Waals surface area contributed by atoms with E-state index in [1.165, 1.54) is 7.11 Å². The Bertz CT molecular complexity index is 600. The summed E-state index contributed by atoms with van der Waals surface area (Å²) < 4.78 is 15.3. The molecule has 6 nitrogen and oxygen atoms in total. The van der Waals surface area contributed by atoms with Crippen LogP contribution in [0.4, 0.5) is 0 Å². The normalized spacial score (nSPS) is 27.4. The second-order valence-electron chi connectivity index (χ2n) is 4.58. The molecular weight excluding hydrogens is 272 g/mol. The summed E-state index contributed by atoms with van der Waals surface area (Å²) >= 11 is 0. The zero-order valence-corrected chi connectivity index (χ0v) is 11.6. The molecule has 0 bridgehead atoms. The number of benzene rings is 1. The Morgan fingerprint density at radius 1 is 1.14 bits per heavy atom. The van der Waals surface area contributed by atoms with Gasteiger partial charge < -0.3 is 14.2 Å². The molecule has 0 radical (unpaired) electrons. The van der Waals surface area contributed by atoms with Crippen molar-refractivity contribution in [1.82, 2.24) is 0 Å². The highest BCUT2D eigenvalue weighted by Gasteiger charge is 2.49. The van der Waals surface area contributed by atoms with Gasteiger partial charge in [-0.3, -0.25) is 0 Å². The molecule has 0 amide bonds. The quantitative estimate of drug-likeness (QED) is 0.783. The second-order valence-corrected chi connectivity index (χ2v) is 4.58. The van der Waals surface area contributed by atoms with Crippen molar-refractivity contribution in [2.45, 2.75) is 12.2 Å². The molecule has 1 aromatic rings. The third kappa shape index (κ3) is 2.67. The van der Waals surface area contributed by atoms with E-state index in [-0.39, 0.29) is 0 Å². The molecule has 0 spiro atoms. The zero-order chi connectivity index (χ0) is 15.4. The molecule has 21 heavy (non-hydrogen) atoms. The molecule has 2 rings (SSSR count). The maximum atomic E-state index is 11.7. The lowest BCUT2D eigenvalue weighted by molar-refractivity contribution is -0.154. The Morgan fingerprint density at radius 3 is 2.24 bits per heavy atom. The molecule has 0 aromatic heterocycles. The van der Waals surface area contributed by atoms with E-state index >= 15 is 0 Å². The van der Waals surface area contributed by atoms with Gasteiger partial charge in [-0.2, -0.15) is 10.5 Å². The Morgan fingerprint density at radius 2 is 1.76 bits per heavy atom. The second kappa shape index (κ2) is 6.25. The van der Waals surface area contributed by atoms with Crippen LogP contribution in [0.15, 0.2) is 24.3 Å². The average Bonchev–Trinajstić information content (AvgIpc) is 2.92. The lowest BCUT2D eigenvalue weighted by Crippen LogP contribution is -2.28. The van der Waals surface area contributed by atoms with Crippen molar-refractivity contribution < 1.29 is 19.0 Å². The number of esters is 1. The van der Waals surface area contributed by atoms with Crippen LogP contribution in [0.5, 0.6) is 5.75 Å². The van der Waals surface area contributed by atoms with Gasteiger partial charge in [-0.05, 0) is 17.7 Å². The van der Waals surface area contributed by atoms with Gasteiger partial charge in [-0.25, -0.2) is 4.79 Å². The van der Waals surface area contributed by atoms with E-state index in [1.807, 2.05) is 6.07 Å². The standard InChI is InChI=1S/C15H14N2O4/c1-19-10-5-3-9(4-6-10)13-11(7-16)12(8-17)14(21-13)15(18)20-2/h3-6,11-14H,1-2H3. The van der Waals surface area contributed by atoms with E-state index in [4.69, 9.17) is 9.47 Å².